The maximum Gasteiger partial charge on any atom is 0.253 e. The molecule has 1 fully saturated rings. The summed E-state index contributed by atoms with van der Waals surface area (Å²) in [7, 11) is 0. The monoisotopic (exact) mass is 331 g/mol. The number of carbonyl (C=O) groups is 1. The van der Waals surface area contributed by atoms with Gasteiger partial charge in [0, 0.05) is 36.4 Å². The summed E-state index contributed by atoms with van der Waals surface area (Å²) in [5.74, 6) is 0.113. The molecule has 134 valence electrons. The predicted octanol–water partition coefficient (Wildman–Crippen LogP) is 3.89. The Balaban J connectivity index is 1.94. The van der Waals surface area contributed by atoms with E-state index in [1.807, 2.05) is 36.9 Å². The zero-order chi connectivity index (χ0) is 17.4. The molecule has 0 spiro atoms. The molecular formula is C20H33N3O. The molecule has 0 bridgehead atoms. The molecular weight excluding hydrogens is 298 g/mol. The third-order valence-corrected chi connectivity index (χ3v) is 4.87. The van der Waals surface area contributed by atoms with Crippen LogP contribution in [-0.4, -0.2) is 42.5 Å². The first kappa shape index (κ1) is 18.8. The molecule has 1 saturated heterocycles. The second-order valence-electron chi connectivity index (χ2n) is 6.84. The lowest BCUT2D eigenvalue weighted by molar-refractivity contribution is 0.0773. The second kappa shape index (κ2) is 9.67. The van der Waals surface area contributed by atoms with Gasteiger partial charge >= 0.3 is 0 Å². The van der Waals surface area contributed by atoms with E-state index in [1.165, 1.54) is 25.7 Å². The molecule has 4 nitrogen and oxygen atoms in total. The van der Waals surface area contributed by atoms with Gasteiger partial charge in [-0.05, 0) is 64.8 Å². The van der Waals surface area contributed by atoms with Crippen molar-refractivity contribution in [3.05, 3.63) is 29.8 Å². The van der Waals surface area contributed by atoms with E-state index in [0.717, 1.165) is 37.3 Å². The number of anilines is 1. The third-order valence-electron chi connectivity index (χ3n) is 4.87. The van der Waals surface area contributed by atoms with Crippen LogP contribution in [0.15, 0.2) is 24.3 Å². The standard InChI is InChI=1S/C20H33N3O/c1-4-23(5-2)20(24)17-10-9-12-19(15-17)22-16(3)14-18-11-7-6-8-13-21-18/h9-10,12,15-16,18,21-22H,4-8,11,13-14H2,1-3H3. The summed E-state index contributed by atoms with van der Waals surface area (Å²) >= 11 is 0. The van der Waals surface area contributed by atoms with Gasteiger partial charge in [-0.1, -0.05) is 18.9 Å². The fraction of sp³-hybridized carbons (Fsp3) is 0.650. The molecule has 2 N–H and O–H groups in total. The highest BCUT2D eigenvalue weighted by molar-refractivity contribution is 5.95. The number of carbonyl (C=O) groups excluding carboxylic acids is 1. The Labute approximate surface area is 147 Å². The van der Waals surface area contributed by atoms with Gasteiger partial charge in [0.1, 0.15) is 0 Å². The van der Waals surface area contributed by atoms with E-state index in [0.29, 0.717) is 12.1 Å². The zero-order valence-electron chi connectivity index (χ0n) is 15.5. The fourth-order valence-corrected chi connectivity index (χ4v) is 3.51. The van der Waals surface area contributed by atoms with Crippen molar-refractivity contribution in [2.75, 3.05) is 25.0 Å². The third kappa shape index (κ3) is 5.52. The van der Waals surface area contributed by atoms with Gasteiger partial charge in [-0.25, -0.2) is 0 Å². The topological polar surface area (TPSA) is 44.4 Å². The smallest absolute Gasteiger partial charge is 0.253 e. The molecule has 0 radical (unpaired) electrons. The van der Waals surface area contributed by atoms with Crippen molar-refractivity contribution in [3.8, 4) is 0 Å². The molecule has 0 aliphatic carbocycles. The lowest BCUT2D eigenvalue weighted by atomic mass is 10.0. The first-order valence-electron chi connectivity index (χ1n) is 9.53. The van der Waals surface area contributed by atoms with E-state index >= 15 is 0 Å². The highest BCUT2D eigenvalue weighted by Gasteiger charge is 2.16. The van der Waals surface area contributed by atoms with Crippen molar-refractivity contribution in [2.45, 2.75) is 65.0 Å². The van der Waals surface area contributed by atoms with Crippen LogP contribution in [0.3, 0.4) is 0 Å². The highest BCUT2D eigenvalue weighted by Crippen LogP contribution is 2.17. The Hall–Kier alpha value is -1.55. The van der Waals surface area contributed by atoms with Gasteiger partial charge in [0.05, 0.1) is 0 Å². The molecule has 2 unspecified atom stereocenters. The van der Waals surface area contributed by atoms with E-state index in [-0.39, 0.29) is 5.91 Å². The Morgan fingerprint density at radius 3 is 2.83 bits per heavy atom. The number of amides is 1. The predicted molar refractivity (Wildman–Crippen MR) is 102 cm³/mol. The fourth-order valence-electron chi connectivity index (χ4n) is 3.51. The van der Waals surface area contributed by atoms with Crippen molar-refractivity contribution in [1.82, 2.24) is 10.2 Å². The summed E-state index contributed by atoms with van der Waals surface area (Å²) < 4.78 is 0. The molecule has 0 aromatic heterocycles. The maximum absolute atomic E-state index is 12.5. The first-order valence-corrected chi connectivity index (χ1v) is 9.53. The molecule has 1 amide bonds. The van der Waals surface area contributed by atoms with Crippen LogP contribution in [0.1, 0.15) is 63.2 Å². The van der Waals surface area contributed by atoms with Crippen molar-refractivity contribution in [1.29, 1.82) is 0 Å². The first-order chi connectivity index (χ1) is 11.6. The lowest BCUT2D eigenvalue weighted by Crippen LogP contribution is -2.33. The number of hydrogen-bond donors (Lipinski definition) is 2. The summed E-state index contributed by atoms with van der Waals surface area (Å²) in [6, 6.07) is 8.90. The van der Waals surface area contributed by atoms with Crippen LogP contribution in [0.5, 0.6) is 0 Å². The number of hydrogen-bond acceptors (Lipinski definition) is 3. The summed E-state index contributed by atoms with van der Waals surface area (Å²) in [4.78, 5) is 14.3. The Morgan fingerprint density at radius 2 is 2.08 bits per heavy atom. The molecule has 24 heavy (non-hydrogen) atoms. The molecule has 1 aliphatic heterocycles. The maximum atomic E-state index is 12.5. The molecule has 2 rings (SSSR count). The van der Waals surface area contributed by atoms with Gasteiger partial charge in [-0.3, -0.25) is 4.79 Å². The van der Waals surface area contributed by atoms with Crippen LogP contribution >= 0.6 is 0 Å². The van der Waals surface area contributed by atoms with Gasteiger partial charge in [-0.2, -0.15) is 0 Å². The van der Waals surface area contributed by atoms with Gasteiger partial charge in [0.2, 0.25) is 0 Å². The van der Waals surface area contributed by atoms with Crippen molar-refractivity contribution >= 4 is 11.6 Å². The molecule has 2 atom stereocenters. The normalized spacial score (nSPS) is 19.4. The molecule has 0 saturated carbocycles. The van der Waals surface area contributed by atoms with Crippen LogP contribution in [-0.2, 0) is 0 Å². The van der Waals surface area contributed by atoms with Gasteiger partial charge in [0.15, 0.2) is 0 Å². The van der Waals surface area contributed by atoms with E-state index in [4.69, 9.17) is 0 Å². The molecule has 4 heteroatoms. The summed E-state index contributed by atoms with van der Waals surface area (Å²) in [6.07, 6.45) is 6.37. The van der Waals surface area contributed by atoms with Crippen LogP contribution < -0.4 is 10.6 Å². The highest BCUT2D eigenvalue weighted by atomic mass is 16.2. The minimum atomic E-state index is 0.113. The summed E-state index contributed by atoms with van der Waals surface area (Å²) in [5, 5.41) is 7.23. The largest absolute Gasteiger partial charge is 0.383 e. The Morgan fingerprint density at radius 1 is 1.29 bits per heavy atom. The van der Waals surface area contributed by atoms with Crippen LogP contribution in [0, 0.1) is 0 Å². The van der Waals surface area contributed by atoms with Crippen LogP contribution in [0.4, 0.5) is 5.69 Å². The minimum absolute atomic E-state index is 0.113. The van der Waals surface area contributed by atoms with Gasteiger partial charge < -0.3 is 15.5 Å². The van der Waals surface area contributed by atoms with E-state index in [9.17, 15) is 4.79 Å². The number of nitrogens with one attached hydrogen (secondary N) is 2. The average Bonchev–Trinajstić information content (AvgIpc) is 2.84. The molecule has 1 aromatic rings. The van der Waals surface area contributed by atoms with Gasteiger partial charge in [-0.15, -0.1) is 0 Å². The number of benzene rings is 1. The second-order valence-corrected chi connectivity index (χ2v) is 6.84. The van der Waals surface area contributed by atoms with E-state index < -0.39 is 0 Å². The molecule has 1 aliphatic rings. The quantitative estimate of drug-likeness (QED) is 0.796. The SMILES string of the molecule is CCN(CC)C(=O)c1cccc(NC(C)CC2CCCCCN2)c1. The van der Waals surface area contributed by atoms with Crippen molar-refractivity contribution < 1.29 is 4.79 Å². The van der Waals surface area contributed by atoms with Crippen molar-refractivity contribution in [3.63, 3.8) is 0 Å². The van der Waals surface area contributed by atoms with Gasteiger partial charge in [0.25, 0.3) is 5.91 Å². The van der Waals surface area contributed by atoms with E-state index in [2.05, 4.69) is 23.6 Å². The van der Waals surface area contributed by atoms with Crippen molar-refractivity contribution in [2.24, 2.45) is 0 Å². The Bertz CT molecular complexity index is 505. The van der Waals surface area contributed by atoms with Crippen LogP contribution in [0.25, 0.3) is 0 Å². The molecule has 1 heterocycles. The van der Waals surface area contributed by atoms with Crippen LogP contribution in [0.2, 0.25) is 0 Å². The summed E-state index contributed by atoms with van der Waals surface area (Å²) in [5.41, 5.74) is 1.80. The molecule has 1 aromatic carbocycles. The number of nitrogens with zero attached hydrogens (tertiary/aromatic N) is 1. The average molecular weight is 332 g/mol. The van der Waals surface area contributed by atoms with E-state index in [1.54, 1.807) is 0 Å². The zero-order valence-corrected chi connectivity index (χ0v) is 15.5. The Kier molecular flexibility index (Phi) is 7.57. The lowest BCUT2D eigenvalue weighted by Gasteiger charge is -2.23. The summed E-state index contributed by atoms with van der Waals surface area (Å²) in [6.45, 7) is 8.90. The minimum Gasteiger partial charge on any atom is -0.383 e. The number of rotatable bonds is 7.